The van der Waals surface area contributed by atoms with Crippen LogP contribution in [0.5, 0.6) is 11.5 Å². The maximum absolute atomic E-state index is 13.6. The quantitative estimate of drug-likeness (QED) is 0.156. The maximum Gasteiger partial charge on any atom is 0.311 e. The van der Waals surface area contributed by atoms with Gasteiger partial charge in [0, 0.05) is 69.2 Å². The van der Waals surface area contributed by atoms with Gasteiger partial charge in [-0.2, -0.15) is 0 Å². The molecule has 1 N–H and O–H groups in total. The number of piperidine rings is 1. The Morgan fingerprint density at radius 3 is 2.26 bits per heavy atom. The summed E-state index contributed by atoms with van der Waals surface area (Å²) >= 11 is 0. The fraction of sp³-hybridized carbons (Fsp3) is 0.762. The fourth-order valence-electron chi connectivity index (χ4n) is 11.4. The van der Waals surface area contributed by atoms with Crippen LogP contribution in [0.3, 0.4) is 0 Å². The van der Waals surface area contributed by atoms with Crippen molar-refractivity contribution in [1.82, 2.24) is 4.90 Å². The second kappa shape index (κ2) is 13.5. The standard InChI is InChI=1S/C42H59NO11/c1-23(16-34(46)52-29(21-50-25(3)44)22-51-26(4)45)17-35(47)53-32-13-12-28-18-31-30-19-33(39(8,48)38(5,6)7)41(49-9)24(2)42(41)40(30,36(28)37(32)54-42)14-15-43(31)20-27-10-11-27/h12-13,23-24,27,29-31,33,48H,10-11,14-22H2,1-9H3. The molecule has 1 aromatic carbocycles. The largest absolute Gasteiger partial charge is 0.479 e. The molecule has 4 fully saturated rings. The third kappa shape index (κ3) is 5.87. The highest BCUT2D eigenvalue weighted by atomic mass is 16.6. The second-order valence-electron chi connectivity index (χ2n) is 18.4. The minimum absolute atomic E-state index is 0.0205. The van der Waals surface area contributed by atoms with Crippen molar-refractivity contribution in [3.05, 3.63) is 23.3 Å². The first-order valence-corrected chi connectivity index (χ1v) is 19.9. The Kier molecular flexibility index (Phi) is 9.74. The van der Waals surface area contributed by atoms with E-state index in [9.17, 15) is 24.3 Å². The van der Waals surface area contributed by atoms with Crippen molar-refractivity contribution in [2.45, 2.75) is 135 Å². The van der Waals surface area contributed by atoms with E-state index in [1.807, 2.05) is 13.0 Å². The van der Waals surface area contributed by atoms with Gasteiger partial charge in [0.15, 0.2) is 23.2 Å². The van der Waals surface area contributed by atoms with Gasteiger partial charge >= 0.3 is 23.9 Å². The number of carbonyl (C=O) groups excluding carboxylic acids is 4. The molecular formula is C42H59NO11. The van der Waals surface area contributed by atoms with Crippen LogP contribution in [0.1, 0.15) is 105 Å². The zero-order valence-electron chi connectivity index (χ0n) is 33.5. The van der Waals surface area contributed by atoms with E-state index in [0.29, 0.717) is 17.5 Å². The Morgan fingerprint density at radius 2 is 1.67 bits per heavy atom. The predicted octanol–water partition coefficient (Wildman–Crippen LogP) is 4.92. The lowest BCUT2D eigenvalue weighted by atomic mass is 9.47. The normalized spacial score (nSPS) is 33.4. The van der Waals surface area contributed by atoms with Gasteiger partial charge in [0.05, 0.1) is 5.60 Å². The van der Waals surface area contributed by atoms with Crippen LogP contribution < -0.4 is 9.47 Å². The minimum Gasteiger partial charge on any atom is -0.479 e. The minimum atomic E-state index is -1.05. The molecule has 3 saturated carbocycles. The van der Waals surface area contributed by atoms with Crippen LogP contribution in [0.25, 0.3) is 0 Å². The molecule has 1 aromatic rings. The summed E-state index contributed by atoms with van der Waals surface area (Å²) in [6, 6.07) is 4.29. The van der Waals surface area contributed by atoms with Crippen molar-refractivity contribution < 1.29 is 52.7 Å². The molecule has 4 aliphatic carbocycles. The highest BCUT2D eigenvalue weighted by Crippen LogP contribution is 2.84. The van der Waals surface area contributed by atoms with E-state index in [1.54, 1.807) is 14.0 Å². The average Bonchev–Trinajstić information content (AvgIpc) is 3.96. The smallest absolute Gasteiger partial charge is 0.311 e. The van der Waals surface area contributed by atoms with Crippen LogP contribution >= 0.6 is 0 Å². The van der Waals surface area contributed by atoms with Crippen molar-refractivity contribution in [3.8, 4) is 11.5 Å². The van der Waals surface area contributed by atoms with Crippen LogP contribution in [0, 0.1) is 35.0 Å². The molecule has 0 radical (unpaired) electrons. The second-order valence-corrected chi connectivity index (χ2v) is 18.4. The number of likely N-dealkylation sites (tertiary alicyclic amines) is 1. The monoisotopic (exact) mass is 753 g/mol. The van der Waals surface area contributed by atoms with E-state index in [1.165, 1.54) is 32.3 Å². The van der Waals surface area contributed by atoms with Crippen LogP contribution in [0.2, 0.25) is 0 Å². The number of ether oxygens (including phenoxy) is 6. The van der Waals surface area contributed by atoms with Crippen molar-refractivity contribution in [1.29, 1.82) is 0 Å². The molecule has 0 amide bonds. The lowest BCUT2D eigenvalue weighted by Crippen LogP contribution is -2.71. The molecule has 7 rings (SSSR count). The van der Waals surface area contributed by atoms with Crippen molar-refractivity contribution in [3.63, 3.8) is 0 Å². The number of rotatable bonds is 14. The number of aliphatic hydroxyl groups is 1. The van der Waals surface area contributed by atoms with Crippen LogP contribution in [-0.2, 0) is 50.0 Å². The topological polar surface area (TPSA) is 147 Å². The number of nitrogens with zero attached hydrogens (tertiary/aromatic N) is 1. The molecule has 2 spiro atoms. The van der Waals surface area contributed by atoms with E-state index in [0.717, 1.165) is 43.8 Å². The summed E-state index contributed by atoms with van der Waals surface area (Å²) in [5, 5.41) is 12.5. The number of hydrogen-bond donors (Lipinski definition) is 1. The molecule has 1 saturated heterocycles. The zero-order chi connectivity index (χ0) is 39.2. The Morgan fingerprint density at radius 1 is 1.02 bits per heavy atom. The average molecular weight is 754 g/mol. The maximum atomic E-state index is 13.6. The highest BCUT2D eigenvalue weighted by molar-refractivity contribution is 5.77. The first kappa shape index (κ1) is 39.0. The molecule has 9 unspecified atom stereocenters. The Balaban J connectivity index is 1.15. The summed E-state index contributed by atoms with van der Waals surface area (Å²) in [7, 11) is 1.77. The molecule has 2 heterocycles. The van der Waals surface area contributed by atoms with Crippen LogP contribution in [-0.4, -0.2) is 96.2 Å². The number of benzene rings is 1. The molecule has 0 aromatic heterocycles. The van der Waals surface area contributed by atoms with Gasteiger partial charge in [0.25, 0.3) is 0 Å². The molecule has 12 nitrogen and oxygen atoms in total. The van der Waals surface area contributed by atoms with Crippen molar-refractivity contribution >= 4 is 23.9 Å². The molecule has 298 valence electrons. The highest BCUT2D eigenvalue weighted by Gasteiger charge is 2.95. The van der Waals surface area contributed by atoms with E-state index in [-0.39, 0.29) is 49.2 Å². The number of esters is 4. The van der Waals surface area contributed by atoms with Gasteiger partial charge < -0.3 is 33.5 Å². The Bertz CT molecular complexity index is 1680. The summed E-state index contributed by atoms with van der Waals surface area (Å²) in [6.45, 7) is 16.3. The van der Waals surface area contributed by atoms with E-state index in [2.05, 4.69) is 38.7 Å². The first-order valence-electron chi connectivity index (χ1n) is 19.9. The Hall–Kier alpha value is -3.22. The van der Waals surface area contributed by atoms with Gasteiger partial charge in [-0.25, -0.2) is 0 Å². The van der Waals surface area contributed by atoms with Gasteiger partial charge in [0.1, 0.15) is 18.8 Å². The van der Waals surface area contributed by atoms with Gasteiger partial charge in [-0.3, -0.25) is 24.1 Å². The summed E-state index contributed by atoms with van der Waals surface area (Å²) < 4.78 is 35.5. The summed E-state index contributed by atoms with van der Waals surface area (Å²) in [4.78, 5) is 51.8. The number of carbonyl (C=O) groups is 4. The number of methoxy groups -OCH3 is 1. The molecule has 6 aliphatic rings. The van der Waals surface area contributed by atoms with Gasteiger partial charge in [-0.05, 0) is 80.4 Å². The third-order valence-electron chi connectivity index (χ3n) is 14.3. The van der Waals surface area contributed by atoms with Gasteiger partial charge in [-0.15, -0.1) is 0 Å². The van der Waals surface area contributed by atoms with Crippen molar-refractivity contribution in [2.75, 3.05) is 33.4 Å². The fourth-order valence-corrected chi connectivity index (χ4v) is 11.4. The third-order valence-corrected chi connectivity index (χ3v) is 14.3. The van der Waals surface area contributed by atoms with E-state index >= 15 is 0 Å². The predicted molar refractivity (Wildman–Crippen MR) is 196 cm³/mol. The molecule has 2 aliphatic heterocycles. The van der Waals surface area contributed by atoms with E-state index in [4.69, 9.17) is 28.4 Å². The molecule has 2 bridgehead atoms. The lowest BCUT2D eigenvalue weighted by molar-refractivity contribution is -0.208. The molecule has 54 heavy (non-hydrogen) atoms. The molecule has 9 atom stereocenters. The van der Waals surface area contributed by atoms with Crippen LogP contribution in [0.4, 0.5) is 0 Å². The van der Waals surface area contributed by atoms with Crippen LogP contribution in [0.15, 0.2) is 12.1 Å². The van der Waals surface area contributed by atoms with Gasteiger partial charge in [-0.1, -0.05) is 40.7 Å². The molecule has 12 heteroatoms. The van der Waals surface area contributed by atoms with Crippen molar-refractivity contribution in [2.24, 2.45) is 35.0 Å². The first-order chi connectivity index (χ1) is 25.3. The summed E-state index contributed by atoms with van der Waals surface area (Å²) in [6.07, 6.45) is 4.06. The number of hydrogen-bond acceptors (Lipinski definition) is 12. The van der Waals surface area contributed by atoms with E-state index < -0.39 is 58.1 Å². The SMILES string of the molecule is COC12C(C(C)(O)C(C)(C)C)CC3C4Cc5ccc(OC(=O)CC(C)CC(=O)OC(COC(C)=O)COC(C)=O)c6c5C3(CCN4CC3CC3)C1(O6)C2C. The Labute approximate surface area is 318 Å². The summed E-state index contributed by atoms with van der Waals surface area (Å²) in [5.74, 6) is -0.905. The zero-order valence-corrected chi connectivity index (χ0v) is 33.5. The summed E-state index contributed by atoms with van der Waals surface area (Å²) in [5.41, 5.74) is -0.896. The van der Waals surface area contributed by atoms with Gasteiger partial charge in [0.2, 0.25) is 0 Å². The molecular weight excluding hydrogens is 694 g/mol. The lowest BCUT2D eigenvalue weighted by Gasteiger charge is -2.62.